The summed E-state index contributed by atoms with van der Waals surface area (Å²) in [5, 5.41) is 3.46. The fourth-order valence-corrected chi connectivity index (χ4v) is 2.18. The van der Waals surface area contributed by atoms with Crippen LogP contribution in [-0.4, -0.2) is 26.6 Å². The zero-order chi connectivity index (χ0) is 11.7. The zero-order valence-corrected chi connectivity index (χ0v) is 9.99. The quantitative estimate of drug-likeness (QED) is 0.859. The highest BCUT2D eigenvalue weighted by molar-refractivity contribution is 5.48. The molecule has 1 saturated heterocycles. The van der Waals surface area contributed by atoms with Gasteiger partial charge in [0.25, 0.3) is 0 Å². The Kier molecular flexibility index (Phi) is 2.68. The van der Waals surface area contributed by atoms with Crippen LogP contribution in [-0.2, 0) is 11.3 Å². The van der Waals surface area contributed by atoms with Crippen molar-refractivity contribution in [1.29, 1.82) is 0 Å². The molecule has 2 heterocycles. The van der Waals surface area contributed by atoms with E-state index in [2.05, 4.69) is 18.3 Å². The van der Waals surface area contributed by atoms with E-state index in [0.717, 1.165) is 43.4 Å². The Bertz CT molecular complexity index is 415. The molecule has 1 N–H and O–H groups in total. The molecule has 0 saturated carbocycles. The number of para-hydroxylation sites is 1. The van der Waals surface area contributed by atoms with Crippen LogP contribution in [0.3, 0.4) is 0 Å². The van der Waals surface area contributed by atoms with Crippen LogP contribution in [0.25, 0.3) is 0 Å². The average molecular weight is 235 g/mol. The largest absolute Gasteiger partial charge is 0.454 e. The first-order valence-electron chi connectivity index (χ1n) is 5.93. The Hall–Kier alpha value is -1.26. The van der Waals surface area contributed by atoms with Crippen molar-refractivity contribution in [2.45, 2.75) is 13.5 Å². The van der Waals surface area contributed by atoms with Crippen molar-refractivity contribution in [2.24, 2.45) is 5.41 Å². The second-order valence-electron chi connectivity index (χ2n) is 5.06. The summed E-state index contributed by atoms with van der Waals surface area (Å²) in [5.74, 6) is 1.73. The Morgan fingerprint density at radius 1 is 1.29 bits per heavy atom. The minimum Gasteiger partial charge on any atom is -0.454 e. The van der Waals surface area contributed by atoms with Gasteiger partial charge < -0.3 is 19.5 Å². The molecule has 0 atom stereocenters. The van der Waals surface area contributed by atoms with Crippen LogP contribution in [0.15, 0.2) is 18.2 Å². The molecule has 17 heavy (non-hydrogen) atoms. The number of hydrogen-bond acceptors (Lipinski definition) is 4. The van der Waals surface area contributed by atoms with Crippen molar-refractivity contribution in [3.8, 4) is 11.5 Å². The van der Waals surface area contributed by atoms with Crippen molar-refractivity contribution in [3.63, 3.8) is 0 Å². The van der Waals surface area contributed by atoms with E-state index in [0.29, 0.717) is 12.2 Å². The molecule has 1 aromatic carbocycles. The highest BCUT2D eigenvalue weighted by atomic mass is 16.7. The first kappa shape index (κ1) is 10.9. The second kappa shape index (κ2) is 4.20. The minimum atomic E-state index is 0.301. The molecular formula is C13H17NO3. The first-order valence-corrected chi connectivity index (χ1v) is 5.93. The number of benzene rings is 1. The third-order valence-electron chi connectivity index (χ3n) is 3.25. The van der Waals surface area contributed by atoms with E-state index in [-0.39, 0.29) is 0 Å². The van der Waals surface area contributed by atoms with Crippen LogP contribution < -0.4 is 14.8 Å². The number of ether oxygens (including phenoxy) is 3. The molecule has 1 aromatic rings. The van der Waals surface area contributed by atoms with Crippen molar-refractivity contribution in [1.82, 2.24) is 5.32 Å². The molecule has 2 aliphatic heterocycles. The Morgan fingerprint density at radius 3 is 2.94 bits per heavy atom. The van der Waals surface area contributed by atoms with Gasteiger partial charge in [0.05, 0.1) is 13.2 Å². The van der Waals surface area contributed by atoms with Crippen molar-refractivity contribution in [2.75, 3.05) is 26.6 Å². The fourth-order valence-electron chi connectivity index (χ4n) is 2.18. The number of rotatable bonds is 4. The Labute approximate surface area is 101 Å². The first-order chi connectivity index (χ1) is 8.27. The van der Waals surface area contributed by atoms with Gasteiger partial charge in [0, 0.05) is 24.1 Å². The van der Waals surface area contributed by atoms with Crippen LogP contribution in [0.1, 0.15) is 12.5 Å². The van der Waals surface area contributed by atoms with E-state index in [4.69, 9.17) is 14.2 Å². The summed E-state index contributed by atoms with van der Waals surface area (Å²) in [4.78, 5) is 0. The van der Waals surface area contributed by atoms with Crippen LogP contribution in [0.4, 0.5) is 0 Å². The molecule has 0 spiro atoms. The van der Waals surface area contributed by atoms with Crippen molar-refractivity contribution >= 4 is 0 Å². The summed E-state index contributed by atoms with van der Waals surface area (Å²) in [7, 11) is 0. The van der Waals surface area contributed by atoms with E-state index >= 15 is 0 Å². The maximum Gasteiger partial charge on any atom is 0.231 e. The van der Waals surface area contributed by atoms with E-state index in [1.165, 1.54) is 0 Å². The summed E-state index contributed by atoms with van der Waals surface area (Å²) in [5.41, 5.74) is 1.46. The van der Waals surface area contributed by atoms with E-state index in [9.17, 15) is 0 Å². The van der Waals surface area contributed by atoms with Crippen LogP contribution in [0.5, 0.6) is 11.5 Å². The van der Waals surface area contributed by atoms with Gasteiger partial charge in [0.2, 0.25) is 6.79 Å². The summed E-state index contributed by atoms with van der Waals surface area (Å²) >= 11 is 0. The molecule has 92 valence electrons. The molecule has 4 nitrogen and oxygen atoms in total. The van der Waals surface area contributed by atoms with E-state index in [1.54, 1.807) is 0 Å². The number of fused-ring (bicyclic) bond motifs is 1. The lowest BCUT2D eigenvalue weighted by atomic mass is 9.89. The molecule has 0 aliphatic carbocycles. The van der Waals surface area contributed by atoms with Crippen molar-refractivity contribution < 1.29 is 14.2 Å². The lowest BCUT2D eigenvalue weighted by molar-refractivity contribution is -0.0991. The molecule has 2 aliphatic rings. The summed E-state index contributed by atoms with van der Waals surface area (Å²) in [6.07, 6.45) is 0. The molecule has 0 aromatic heterocycles. The number of hydrogen-bond donors (Lipinski definition) is 1. The van der Waals surface area contributed by atoms with E-state index in [1.807, 2.05) is 12.1 Å². The smallest absolute Gasteiger partial charge is 0.231 e. The highest BCUT2D eigenvalue weighted by Gasteiger charge is 2.32. The van der Waals surface area contributed by atoms with Gasteiger partial charge >= 0.3 is 0 Å². The summed E-state index contributed by atoms with van der Waals surface area (Å²) < 4.78 is 16.0. The molecule has 0 bridgehead atoms. The van der Waals surface area contributed by atoms with Gasteiger partial charge in [-0.3, -0.25) is 0 Å². The molecule has 4 heteroatoms. The molecule has 0 amide bonds. The molecule has 1 fully saturated rings. The second-order valence-corrected chi connectivity index (χ2v) is 5.06. The Balaban J connectivity index is 1.60. The third-order valence-corrected chi connectivity index (χ3v) is 3.25. The maximum atomic E-state index is 5.47. The standard InChI is InChI=1S/C13H17NO3/c1-13(7-15-8-13)6-14-5-10-3-2-4-11-12(10)17-9-16-11/h2-4,14H,5-9H2,1H3. The zero-order valence-electron chi connectivity index (χ0n) is 9.99. The SMILES string of the molecule is CC1(CNCc2cccc3c2OCO3)COC1. The highest BCUT2D eigenvalue weighted by Crippen LogP contribution is 2.35. The number of nitrogens with one attached hydrogen (secondary N) is 1. The molecular weight excluding hydrogens is 218 g/mol. The molecule has 0 radical (unpaired) electrons. The normalized spacial score (nSPS) is 20.1. The minimum absolute atomic E-state index is 0.301. The predicted octanol–water partition coefficient (Wildman–Crippen LogP) is 1.54. The monoisotopic (exact) mass is 235 g/mol. The van der Waals surface area contributed by atoms with Gasteiger partial charge in [0.1, 0.15) is 0 Å². The van der Waals surface area contributed by atoms with Crippen LogP contribution in [0, 0.1) is 5.41 Å². The van der Waals surface area contributed by atoms with E-state index < -0.39 is 0 Å². The van der Waals surface area contributed by atoms with Gasteiger partial charge in [-0.25, -0.2) is 0 Å². The fraction of sp³-hybridized carbons (Fsp3) is 0.538. The topological polar surface area (TPSA) is 39.7 Å². The average Bonchev–Trinajstić information content (AvgIpc) is 2.75. The predicted molar refractivity (Wildman–Crippen MR) is 63.2 cm³/mol. The lowest BCUT2D eigenvalue weighted by Crippen LogP contribution is -2.47. The maximum absolute atomic E-state index is 5.47. The van der Waals surface area contributed by atoms with Gasteiger partial charge in [-0.2, -0.15) is 0 Å². The summed E-state index contributed by atoms with van der Waals surface area (Å²) in [6, 6.07) is 6.01. The van der Waals surface area contributed by atoms with Crippen LogP contribution in [0.2, 0.25) is 0 Å². The Morgan fingerprint density at radius 2 is 2.18 bits per heavy atom. The van der Waals surface area contributed by atoms with Crippen LogP contribution >= 0.6 is 0 Å². The lowest BCUT2D eigenvalue weighted by Gasteiger charge is -2.38. The van der Waals surface area contributed by atoms with Gasteiger partial charge in [0.15, 0.2) is 11.5 Å². The van der Waals surface area contributed by atoms with Gasteiger partial charge in [-0.05, 0) is 6.07 Å². The van der Waals surface area contributed by atoms with Gasteiger partial charge in [-0.15, -0.1) is 0 Å². The summed E-state index contributed by atoms with van der Waals surface area (Å²) in [6.45, 7) is 6.05. The third kappa shape index (κ3) is 2.10. The van der Waals surface area contributed by atoms with Crippen molar-refractivity contribution in [3.05, 3.63) is 23.8 Å². The molecule has 3 rings (SSSR count). The van der Waals surface area contributed by atoms with Gasteiger partial charge in [-0.1, -0.05) is 19.1 Å². The molecule has 0 unspecified atom stereocenters.